The number of hydrogen-bond acceptors (Lipinski definition) is 4. The van der Waals surface area contributed by atoms with Crippen LogP contribution in [0.4, 0.5) is 4.79 Å². The van der Waals surface area contributed by atoms with Crippen molar-refractivity contribution >= 4 is 39.5 Å². The molecule has 1 saturated heterocycles. The molecule has 2 aliphatic rings. The number of carbonyl (C=O) groups is 2. The second kappa shape index (κ2) is 10.0. The molecule has 5 heterocycles. The fourth-order valence-electron chi connectivity index (χ4n) is 5.85. The number of aromatic nitrogens is 3. The highest BCUT2D eigenvalue weighted by atomic mass is 16.6. The Bertz CT molecular complexity index is 1520. The number of aromatic amines is 1. The maximum Gasteiger partial charge on any atom is 0.410 e. The van der Waals surface area contributed by atoms with Crippen molar-refractivity contribution in [3.63, 3.8) is 0 Å². The fraction of sp³-hybridized carbons (Fsp3) is 0.367. The Kier molecular flexibility index (Phi) is 6.39. The number of fused-ring (bicyclic) bond motifs is 3. The van der Waals surface area contributed by atoms with Gasteiger partial charge in [-0.25, -0.2) is 9.78 Å². The number of benzene rings is 1. The summed E-state index contributed by atoms with van der Waals surface area (Å²) in [6.45, 7) is 6.77. The van der Waals surface area contributed by atoms with Gasteiger partial charge in [-0.15, -0.1) is 0 Å². The molecule has 2 atom stereocenters. The first kappa shape index (κ1) is 24.3. The van der Waals surface area contributed by atoms with Crippen LogP contribution in [0.3, 0.4) is 0 Å². The van der Waals surface area contributed by atoms with Gasteiger partial charge in [0.2, 0.25) is 5.91 Å². The number of pyridine rings is 1. The number of likely N-dealkylation sites (tertiary alicyclic amines) is 1. The third-order valence-corrected chi connectivity index (χ3v) is 8.11. The van der Waals surface area contributed by atoms with E-state index in [1.165, 1.54) is 5.57 Å². The lowest BCUT2D eigenvalue weighted by Crippen LogP contribution is -2.44. The number of carbonyl (C=O) groups excluding carboxylic acids is 2. The molecule has 0 spiro atoms. The van der Waals surface area contributed by atoms with Crippen molar-refractivity contribution < 1.29 is 14.3 Å². The maximum absolute atomic E-state index is 13.1. The number of amides is 2. The molecular formula is C30H33N5O3. The van der Waals surface area contributed by atoms with Gasteiger partial charge in [0.05, 0.1) is 11.6 Å². The van der Waals surface area contributed by atoms with E-state index in [9.17, 15) is 9.59 Å². The smallest absolute Gasteiger partial charge is 0.410 e. The molecule has 6 rings (SSSR count). The molecule has 4 aromatic rings. The molecule has 0 aliphatic carbocycles. The van der Waals surface area contributed by atoms with Gasteiger partial charge in [0.25, 0.3) is 0 Å². The Balaban J connectivity index is 1.33. The van der Waals surface area contributed by atoms with Gasteiger partial charge in [0.1, 0.15) is 12.3 Å². The Morgan fingerprint density at radius 3 is 2.71 bits per heavy atom. The Hall–Kier alpha value is -4.07. The third-order valence-electron chi connectivity index (χ3n) is 8.11. The standard InChI is InChI=1S/C30H33N5O3/c1-20-9-13-34(30(37)38-19-22-6-4-3-5-7-22)18-27(20)35-17-26(23-10-14-33(15-11-23)21(2)36)25-16-32-29-24(28(25)35)8-12-31-29/h3-8,10,12,16-17,20,27H,9,11,13-15,18-19H2,1-2H3,(H,31,32)/t20-,27+/m1/s1. The number of nitrogens with one attached hydrogen (secondary N) is 1. The molecule has 38 heavy (non-hydrogen) atoms. The van der Waals surface area contributed by atoms with Crippen LogP contribution in [0, 0.1) is 5.92 Å². The van der Waals surface area contributed by atoms with Gasteiger partial charge in [-0.2, -0.15) is 0 Å². The van der Waals surface area contributed by atoms with Gasteiger partial charge in [0.15, 0.2) is 0 Å². The van der Waals surface area contributed by atoms with Gasteiger partial charge in [-0.1, -0.05) is 43.3 Å². The van der Waals surface area contributed by atoms with Crippen LogP contribution in [0.2, 0.25) is 0 Å². The maximum atomic E-state index is 13.1. The molecule has 196 valence electrons. The van der Waals surface area contributed by atoms with E-state index in [0.717, 1.165) is 45.9 Å². The van der Waals surface area contributed by atoms with E-state index in [1.807, 2.05) is 52.5 Å². The minimum atomic E-state index is -0.268. The predicted molar refractivity (Wildman–Crippen MR) is 147 cm³/mol. The van der Waals surface area contributed by atoms with Gasteiger partial charge >= 0.3 is 6.09 Å². The average molecular weight is 512 g/mol. The number of H-pyrrole nitrogens is 1. The molecule has 0 radical (unpaired) electrons. The Labute approximate surface area is 221 Å². The second-order valence-electron chi connectivity index (χ2n) is 10.5. The highest BCUT2D eigenvalue weighted by Gasteiger charge is 2.33. The number of hydrogen-bond donors (Lipinski definition) is 1. The largest absolute Gasteiger partial charge is 0.445 e. The van der Waals surface area contributed by atoms with Gasteiger partial charge in [0, 0.05) is 68.0 Å². The number of piperidine rings is 1. The summed E-state index contributed by atoms with van der Waals surface area (Å²) >= 11 is 0. The van der Waals surface area contributed by atoms with Gasteiger partial charge < -0.3 is 24.1 Å². The summed E-state index contributed by atoms with van der Waals surface area (Å²) in [6, 6.07) is 12.0. The van der Waals surface area contributed by atoms with Crippen LogP contribution in [0.25, 0.3) is 27.5 Å². The summed E-state index contributed by atoms with van der Waals surface area (Å²) in [5.74, 6) is 0.487. The quantitative estimate of drug-likeness (QED) is 0.399. The van der Waals surface area contributed by atoms with Gasteiger partial charge in [-0.3, -0.25) is 4.79 Å². The molecule has 2 amide bonds. The van der Waals surface area contributed by atoms with Crippen molar-refractivity contribution in [2.24, 2.45) is 5.92 Å². The monoisotopic (exact) mass is 511 g/mol. The van der Waals surface area contributed by atoms with Crippen LogP contribution < -0.4 is 0 Å². The summed E-state index contributed by atoms with van der Waals surface area (Å²) in [6.07, 6.45) is 9.74. The minimum Gasteiger partial charge on any atom is -0.445 e. The Morgan fingerprint density at radius 1 is 1.11 bits per heavy atom. The van der Waals surface area contributed by atoms with E-state index >= 15 is 0 Å². The van der Waals surface area contributed by atoms with Crippen LogP contribution >= 0.6 is 0 Å². The van der Waals surface area contributed by atoms with Crippen LogP contribution in [-0.4, -0.2) is 62.5 Å². The number of ether oxygens (including phenoxy) is 1. The summed E-state index contributed by atoms with van der Waals surface area (Å²) in [4.78, 5) is 36.6. The van der Waals surface area contributed by atoms with Crippen molar-refractivity contribution in [3.05, 3.63) is 72.2 Å². The molecule has 1 aromatic carbocycles. The van der Waals surface area contributed by atoms with Crippen molar-refractivity contribution in [1.29, 1.82) is 0 Å². The number of nitrogens with zero attached hydrogens (tertiary/aromatic N) is 4. The molecule has 1 N–H and O–H groups in total. The summed E-state index contributed by atoms with van der Waals surface area (Å²) < 4.78 is 8.05. The van der Waals surface area contributed by atoms with E-state index in [0.29, 0.717) is 32.1 Å². The average Bonchev–Trinajstić information content (AvgIpc) is 3.57. The van der Waals surface area contributed by atoms with E-state index in [1.54, 1.807) is 6.92 Å². The van der Waals surface area contributed by atoms with Crippen molar-refractivity contribution in [2.45, 2.75) is 39.3 Å². The SMILES string of the molecule is CC(=O)N1CC=C(c2cn([C@H]3CN(C(=O)OCc4ccccc4)CC[C@H]3C)c3c2cnc2[nH]ccc23)CC1. The molecular weight excluding hydrogens is 478 g/mol. The zero-order valence-electron chi connectivity index (χ0n) is 21.9. The molecule has 0 saturated carbocycles. The first-order valence-electron chi connectivity index (χ1n) is 13.4. The highest BCUT2D eigenvalue weighted by Crippen LogP contribution is 2.39. The first-order chi connectivity index (χ1) is 18.5. The van der Waals surface area contributed by atoms with E-state index in [4.69, 9.17) is 9.72 Å². The lowest BCUT2D eigenvalue weighted by atomic mass is 9.93. The molecule has 1 fully saturated rings. The van der Waals surface area contributed by atoms with Crippen molar-refractivity contribution in [3.8, 4) is 0 Å². The highest BCUT2D eigenvalue weighted by molar-refractivity contribution is 6.07. The lowest BCUT2D eigenvalue weighted by Gasteiger charge is -2.37. The molecule has 0 bridgehead atoms. The summed E-state index contributed by atoms with van der Waals surface area (Å²) in [7, 11) is 0. The lowest BCUT2D eigenvalue weighted by molar-refractivity contribution is -0.128. The molecule has 3 aromatic heterocycles. The summed E-state index contributed by atoms with van der Waals surface area (Å²) in [5.41, 5.74) is 5.37. The first-order valence-corrected chi connectivity index (χ1v) is 13.4. The minimum absolute atomic E-state index is 0.0997. The van der Waals surface area contributed by atoms with Crippen LogP contribution in [-0.2, 0) is 16.1 Å². The van der Waals surface area contributed by atoms with Crippen molar-refractivity contribution in [2.75, 3.05) is 26.2 Å². The molecule has 8 nitrogen and oxygen atoms in total. The Morgan fingerprint density at radius 2 is 1.95 bits per heavy atom. The third kappa shape index (κ3) is 4.44. The van der Waals surface area contributed by atoms with Crippen LogP contribution in [0.5, 0.6) is 0 Å². The normalized spacial score (nSPS) is 20.1. The predicted octanol–water partition coefficient (Wildman–Crippen LogP) is 5.37. The fourth-order valence-corrected chi connectivity index (χ4v) is 5.85. The van der Waals surface area contributed by atoms with Gasteiger partial charge in [-0.05, 0) is 36.0 Å². The zero-order valence-corrected chi connectivity index (χ0v) is 21.9. The van der Waals surface area contributed by atoms with E-state index in [2.05, 4.69) is 34.8 Å². The summed E-state index contributed by atoms with van der Waals surface area (Å²) in [5, 5.41) is 2.18. The topological polar surface area (TPSA) is 83.5 Å². The molecule has 2 aliphatic heterocycles. The van der Waals surface area contributed by atoms with Crippen molar-refractivity contribution in [1.82, 2.24) is 24.3 Å². The van der Waals surface area contributed by atoms with E-state index < -0.39 is 0 Å². The van der Waals surface area contributed by atoms with E-state index in [-0.39, 0.29) is 24.6 Å². The molecule has 8 heteroatoms. The number of rotatable bonds is 4. The zero-order chi connectivity index (χ0) is 26.2. The van der Waals surface area contributed by atoms with Crippen LogP contribution in [0.1, 0.15) is 43.9 Å². The second-order valence-corrected chi connectivity index (χ2v) is 10.5. The van der Waals surface area contributed by atoms with Crippen LogP contribution in [0.15, 0.2) is 61.1 Å². The molecule has 0 unspecified atom stereocenters.